The quantitative estimate of drug-likeness (QED) is 0.207. The lowest BCUT2D eigenvalue weighted by Gasteiger charge is -2.19. The molecule has 1 atom stereocenters. The summed E-state index contributed by atoms with van der Waals surface area (Å²) < 4.78 is 1.99. The number of phenolic OH excluding ortho intramolecular Hbond substituents is 1. The Bertz CT molecular complexity index is 1460. The van der Waals surface area contributed by atoms with E-state index in [1.165, 1.54) is 5.56 Å². The van der Waals surface area contributed by atoms with Crippen LogP contribution in [0.2, 0.25) is 0 Å². The first kappa shape index (κ1) is 29.5. The highest BCUT2D eigenvalue weighted by Crippen LogP contribution is 2.26. The van der Waals surface area contributed by atoms with Crippen molar-refractivity contribution in [3.05, 3.63) is 95.8 Å². The van der Waals surface area contributed by atoms with Crippen LogP contribution in [0.4, 0.5) is 0 Å². The molecule has 0 aliphatic heterocycles. The Morgan fingerprint density at radius 3 is 2.39 bits per heavy atom. The maximum atomic E-state index is 12.6. The van der Waals surface area contributed by atoms with E-state index in [2.05, 4.69) is 61.4 Å². The number of phenols is 1. The van der Waals surface area contributed by atoms with Crippen molar-refractivity contribution in [2.45, 2.75) is 70.8 Å². The van der Waals surface area contributed by atoms with E-state index in [0.29, 0.717) is 12.8 Å². The molecule has 8 heteroatoms. The molecule has 0 spiro atoms. The van der Waals surface area contributed by atoms with Crippen LogP contribution in [0.1, 0.15) is 63.3 Å². The lowest BCUT2D eigenvalue weighted by molar-refractivity contribution is -0.127. The molecule has 0 aliphatic rings. The van der Waals surface area contributed by atoms with Gasteiger partial charge in [-0.3, -0.25) is 14.6 Å². The molecule has 2 heterocycles. The number of nitrogens with two attached hydrogens (primary N) is 1. The lowest BCUT2D eigenvalue weighted by atomic mass is 9.87. The molecule has 0 bridgehead atoms. The molecule has 2 aromatic heterocycles. The molecular weight excluding hydrogens is 514 g/mol. The minimum atomic E-state index is -0.826. The van der Waals surface area contributed by atoms with Crippen molar-refractivity contribution in [1.29, 1.82) is 0 Å². The van der Waals surface area contributed by atoms with Gasteiger partial charge in [0, 0.05) is 24.7 Å². The van der Waals surface area contributed by atoms with E-state index in [-0.39, 0.29) is 23.5 Å². The Labute approximate surface area is 241 Å². The van der Waals surface area contributed by atoms with E-state index in [1.54, 1.807) is 30.5 Å². The second-order valence-electron chi connectivity index (χ2n) is 11.4. The van der Waals surface area contributed by atoms with Crippen LogP contribution < -0.4 is 11.1 Å². The van der Waals surface area contributed by atoms with E-state index >= 15 is 0 Å². The molecule has 4 N–H and O–H groups in total. The Balaban J connectivity index is 1.35. The zero-order chi connectivity index (χ0) is 29.4. The van der Waals surface area contributed by atoms with Gasteiger partial charge in [0.05, 0.1) is 11.4 Å². The highest BCUT2D eigenvalue weighted by Gasteiger charge is 2.19. The number of hydrogen-bond acceptors (Lipinski definition) is 5. The monoisotopic (exact) mass is 553 g/mol. The number of nitrogens with one attached hydrogen (secondary N) is 1. The average Bonchev–Trinajstić information content (AvgIpc) is 3.37. The summed E-state index contributed by atoms with van der Waals surface area (Å²) in [5.74, 6) is -0.711. The first-order chi connectivity index (χ1) is 19.6. The van der Waals surface area contributed by atoms with Crippen LogP contribution in [0.5, 0.6) is 5.75 Å². The second-order valence-corrected chi connectivity index (χ2v) is 11.4. The highest BCUT2D eigenvalue weighted by atomic mass is 16.3. The van der Waals surface area contributed by atoms with Crippen molar-refractivity contribution in [1.82, 2.24) is 20.1 Å². The van der Waals surface area contributed by atoms with E-state index in [0.717, 1.165) is 47.6 Å². The molecule has 0 unspecified atom stereocenters. The SMILES string of the molecule is CC(C)(C)c1ccc(-n2nc(-c3ccccn3)cc2CCCCCC(=O)N[C@@H](Cc2cccc(O)c2)C(N)=O)cc1. The number of carbonyl (C=O) groups is 2. The van der Waals surface area contributed by atoms with E-state index in [1.807, 2.05) is 22.9 Å². The van der Waals surface area contributed by atoms with Crippen molar-refractivity contribution in [2.24, 2.45) is 5.73 Å². The molecule has 214 valence electrons. The largest absolute Gasteiger partial charge is 0.508 e. The number of rotatable bonds is 12. The van der Waals surface area contributed by atoms with Crippen molar-refractivity contribution < 1.29 is 14.7 Å². The molecule has 2 aromatic carbocycles. The summed E-state index contributed by atoms with van der Waals surface area (Å²) in [5.41, 5.74) is 11.3. The third-order valence-electron chi connectivity index (χ3n) is 7.05. The number of pyridine rings is 1. The van der Waals surface area contributed by atoms with E-state index < -0.39 is 11.9 Å². The number of primary amides is 1. The summed E-state index contributed by atoms with van der Waals surface area (Å²) in [4.78, 5) is 28.9. The van der Waals surface area contributed by atoms with Gasteiger partial charge in [-0.2, -0.15) is 5.10 Å². The van der Waals surface area contributed by atoms with Gasteiger partial charge in [0.2, 0.25) is 11.8 Å². The molecule has 0 fully saturated rings. The fraction of sp³-hybridized carbons (Fsp3) is 0.333. The number of nitrogens with zero attached hydrogens (tertiary/aromatic N) is 3. The van der Waals surface area contributed by atoms with Gasteiger partial charge in [0.15, 0.2) is 0 Å². The summed E-state index contributed by atoms with van der Waals surface area (Å²) in [6, 6.07) is 22.2. The fourth-order valence-electron chi connectivity index (χ4n) is 4.74. The fourth-order valence-corrected chi connectivity index (χ4v) is 4.74. The third kappa shape index (κ3) is 8.27. The highest BCUT2D eigenvalue weighted by molar-refractivity contribution is 5.86. The topological polar surface area (TPSA) is 123 Å². The number of aromatic nitrogens is 3. The normalized spacial score (nSPS) is 12.2. The van der Waals surface area contributed by atoms with Gasteiger partial charge in [0.1, 0.15) is 17.5 Å². The molecule has 0 saturated heterocycles. The summed E-state index contributed by atoms with van der Waals surface area (Å²) in [5, 5.41) is 17.3. The maximum absolute atomic E-state index is 12.6. The van der Waals surface area contributed by atoms with E-state index in [4.69, 9.17) is 10.8 Å². The molecule has 2 amide bonds. The zero-order valence-corrected chi connectivity index (χ0v) is 24.0. The molecule has 8 nitrogen and oxygen atoms in total. The van der Waals surface area contributed by atoms with Crippen LogP contribution in [0.3, 0.4) is 0 Å². The van der Waals surface area contributed by atoms with Gasteiger partial charge in [0.25, 0.3) is 0 Å². The van der Waals surface area contributed by atoms with Crippen LogP contribution in [0, 0.1) is 0 Å². The first-order valence-electron chi connectivity index (χ1n) is 14.1. The molecule has 0 aliphatic carbocycles. The number of hydrogen-bond donors (Lipinski definition) is 3. The number of carbonyl (C=O) groups excluding carboxylic acids is 2. The zero-order valence-electron chi connectivity index (χ0n) is 24.0. The Morgan fingerprint density at radius 2 is 1.73 bits per heavy atom. The van der Waals surface area contributed by atoms with Crippen molar-refractivity contribution in [3.63, 3.8) is 0 Å². The molecule has 4 rings (SSSR count). The van der Waals surface area contributed by atoms with Gasteiger partial charge < -0.3 is 16.2 Å². The first-order valence-corrected chi connectivity index (χ1v) is 14.1. The van der Waals surface area contributed by atoms with Gasteiger partial charge >= 0.3 is 0 Å². The standard InChI is InChI=1S/C33H39N5O3/c1-33(2,3)24-15-17-25(18-16-24)38-26(22-29(37-38)28-13-7-8-19-35-28)11-5-4-6-14-31(40)36-30(32(34)41)21-23-10-9-12-27(39)20-23/h7-10,12-13,15-20,22,30,39H,4-6,11,14,21H2,1-3H3,(H2,34,41)(H,36,40)/t30-/m0/s1. The Hall–Kier alpha value is -4.46. The smallest absolute Gasteiger partial charge is 0.240 e. The predicted molar refractivity (Wildman–Crippen MR) is 161 cm³/mol. The van der Waals surface area contributed by atoms with Crippen molar-refractivity contribution in [3.8, 4) is 22.8 Å². The van der Waals surface area contributed by atoms with Gasteiger partial charge in [-0.25, -0.2) is 4.68 Å². The number of aryl methyl sites for hydroxylation is 1. The van der Waals surface area contributed by atoms with Crippen LogP contribution in [-0.4, -0.2) is 37.7 Å². The summed E-state index contributed by atoms with van der Waals surface area (Å²) >= 11 is 0. The summed E-state index contributed by atoms with van der Waals surface area (Å²) in [6.45, 7) is 6.59. The molecule has 41 heavy (non-hydrogen) atoms. The van der Waals surface area contributed by atoms with Crippen LogP contribution in [-0.2, 0) is 27.8 Å². The minimum Gasteiger partial charge on any atom is -0.508 e. The number of amides is 2. The molecule has 0 saturated carbocycles. The van der Waals surface area contributed by atoms with Crippen LogP contribution in [0.25, 0.3) is 17.1 Å². The van der Waals surface area contributed by atoms with Gasteiger partial charge in [-0.1, -0.05) is 57.5 Å². The summed E-state index contributed by atoms with van der Waals surface area (Å²) in [7, 11) is 0. The third-order valence-corrected chi connectivity index (χ3v) is 7.05. The number of benzene rings is 2. The van der Waals surface area contributed by atoms with Gasteiger partial charge in [-0.05, 0) is 78.3 Å². The second kappa shape index (κ2) is 13.3. The summed E-state index contributed by atoms with van der Waals surface area (Å²) in [6.07, 6.45) is 5.50. The van der Waals surface area contributed by atoms with Crippen LogP contribution >= 0.6 is 0 Å². The Kier molecular flexibility index (Phi) is 9.55. The van der Waals surface area contributed by atoms with Gasteiger partial charge in [-0.15, -0.1) is 0 Å². The average molecular weight is 554 g/mol. The predicted octanol–water partition coefficient (Wildman–Crippen LogP) is 5.25. The Morgan fingerprint density at radius 1 is 0.951 bits per heavy atom. The molecular formula is C33H39N5O3. The van der Waals surface area contributed by atoms with Crippen molar-refractivity contribution >= 4 is 11.8 Å². The molecule has 4 aromatic rings. The maximum Gasteiger partial charge on any atom is 0.240 e. The lowest BCUT2D eigenvalue weighted by Crippen LogP contribution is -2.45. The minimum absolute atomic E-state index is 0.0683. The van der Waals surface area contributed by atoms with E-state index in [9.17, 15) is 14.7 Å². The van der Waals surface area contributed by atoms with Crippen molar-refractivity contribution in [2.75, 3.05) is 0 Å². The molecule has 0 radical (unpaired) electrons. The number of aromatic hydroxyl groups is 1. The van der Waals surface area contributed by atoms with Crippen LogP contribution in [0.15, 0.2) is 79.0 Å². The number of unbranched alkanes of at least 4 members (excludes halogenated alkanes) is 2.